The van der Waals surface area contributed by atoms with Crippen molar-refractivity contribution in [3.63, 3.8) is 0 Å². The molecule has 0 aliphatic rings. The Labute approximate surface area is 130 Å². The van der Waals surface area contributed by atoms with Gasteiger partial charge in [-0.15, -0.1) is 0 Å². The summed E-state index contributed by atoms with van der Waals surface area (Å²) in [5.74, 6) is 0.316. The van der Waals surface area contributed by atoms with Crippen molar-refractivity contribution < 1.29 is 9.53 Å². The minimum atomic E-state index is -0.307. The number of esters is 1. The zero-order valence-corrected chi connectivity index (χ0v) is 13.0. The van der Waals surface area contributed by atoms with E-state index in [2.05, 4.69) is 39.1 Å². The van der Waals surface area contributed by atoms with Gasteiger partial charge in [-0.2, -0.15) is 0 Å². The predicted molar refractivity (Wildman–Crippen MR) is 86.9 cm³/mol. The molecule has 0 unspecified atom stereocenters. The average molecular weight is 377 g/mol. The highest BCUT2D eigenvalue weighted by Gasteiger charge is 2.19. The molecule has 0 atom stereocenters. The number of carbonyl (C=O) groups is 1. The first-order valence-corrected chi connectivity index (χ1v) is 7.28. The lowest BCUT2D eigenvalue weighted by molar-refractivity contribution is -0.131. The topological polar surface area (TPSA) is 30.7 Å². The summed E-state index contributed by atoms with van der Waals surface area (Å²) in [5, 5.41) is 0. The van der Waals surface area contributed by atoms with Gasteiger partial charge in [-0.25, -0.2) is 0 Å². The minimum Gasteiger partial charge on any atom is -0.423 e. The number of nitrogens with zero attached hydrogens (tertiary/aromatic N) is 1. The molecule has 3 aromatic rings. The molecule has 3 rings (SSSR count). The Morgan fingerprint density at radius 2 is 1.80 bits per heavy atom. The molecule has 0 fully saturated rings. The van der Waals surface area contributed by atoms with E-state index < -0.39 is 0 Å². The van der Waals surface area contributed by atoms with Crippen molar-refractivity contribution in [2.24, 2.45) is 0 Å². The number of fused-ring (bicyclic) bond motifs is 1. The Balaban J connectivity index is 2.32. The van der Waals surface area contributed by atoms with Crippen molar-refractivity contribution in [3.05, 3.63) is 58.3 Å². The molecule has 100 valence electrons. The van der Waals surface area contributed by atoms with Crippen LogP contribution in [0.1, 0.15) is 6.92 Å². The van der Waals surface area contributed by atoms with Crippen molar-refractivity contribution in [2.75, 3.05) is 0 Å². The van der Waals surface area contributed by atoms with Gasteiger partial charge >= 0.3 is 5.97 Å². The van der Waals surface area contributed by atoms with Gasteiger partial charge in [0.1, 0.15) is 0 Å². The van der Waals surface area contributed by atoms with Gasteiger partial charge < -0.3 is 9.14 Å². The zero-order valence-electron chi connectivity index (χ0n) is 10.8. The Hall–Kier alpha value is -1.82. The number of hydrogen-bond acceptors (Lipinski definition) is 2. The van der Waals surface area contributed by atoms with E-state index in [9.17, 15) is 4.79 Å². The zero-order chi connectivity index (χ0) is 14.1. The molecular weight excluding hydrogens is 365 g/mol. The van der Waals surface area contributed by atoms with Crippen LogP contribution in [0.15, 0.2) is 54.7 Å². The molecule has 2 aromatic heterocycles. The third kappa shape index (κ3) is 2.20. The first kappa shape index (κ1) is 13.2. The minimum absolute atomic E-state index is 0.307. The normalized spacial score (nSPS) is 10.7. The molecule has 0 radical (unpaired) electrons. The number of halogens is 1. The van der Waals surface area contributed by atoms with Crippen LogP contribution in [0.25, 0.3) is 16.8 Å². The van der Waals surface area contributed by atoms with E-state index >= 15 is 0 Å². The van der Waals surface area contributed by atoms with E-state index in [1.54, 1.807) is 0 Å². The number of carbonyl (C=O) groups excluding carboxylic acids is 1. The Kier molecular flexibility index (Phi) is 3.48. The molecule has 0 saturated heterocycles. The fourth-order valence-corrected chi connectivity index (χ4v) is 3.21. The van der Waals surface area contributed by atoms with E-state index in [4.69, 9.17) is 4.74 Å². The lowest BCUT2D eigenvalue weighted by Gasteiger charge is -2.02. The first-order chi connectivity index (χ1) is 9.68. The van der Waals surface area contributed by atoms with Crippen LogP contribution in [0.4, 0.5) is 0 Å². The SMILES string of the molecule is CC(=O)Oc1c(I)c(-c2ccccc2)n2ccccc12. The molecule has 4 heteroatoms. The van der Waals surface area contributed by atoms with Gasteiger partial charge in [0.25, 0.3) is 0 Å². The summed E-state index contributed by atoms with van der Waals surface area (Å²) in [7, 11) is 0. The fourth-order valence-electron chi connectivity index (χ4n) is 2.25. The van der Waals surface area contributed by atoms with Crippen LogP contribution in [0.3, 0.4) is 0 Å². The third-order valence-electron chi connectivity index (χ3n) is 3.03. The number of hydrogen-bond donors (Lipinski definition) is 0. The van der Waals surface area contributed by atoms with Gasteiger partial charge in [0, 0.05) is 13.1 Å². The maximum Gasteiger partial charge on any atom is 0.308 e. The summed E-state index contributed by atoms with van der Waals surface area (Å²) in [6, 6.07) is 15.9. The van der Waals surface area contributed by atoms with Crippen molar-refractivity contribution in [1.82, 2.24) is 4.40 Å². The molecule has 0 saturated carbocycles. The lowest BCUT2D eigenvalue weighted by atomic mass is 10.1. The quantitative estimate of drug-likeness (QED) is 0.497. The summed E-state index contributed by atoms with van der Waals surface area (Å²) in [5.41, 5.74) is 3.03. The van der Waals surface area contributed by atoms with Gasteiger partial charge in [-0.05, 0) is 40.3 Å². The highest BCUT2D eigenvalue weighted by Crippen LogP contribution is 2.38. The summed E-state index contributed by atoms with van der Waals surface area (Å²) >= 11 is 2.23. The molecular formula is C16H12INO2. The van der Waals surface area contributed by atoms with E-state index in [0.29, 0.717) is 5.75 Å². The van der Waals surface area contributed by atoms with Crippen molar-refractivity contribution in [3.8, 4) is 17.0 Å². The summed E-state index contributed by atoms with van der Waals surface area (Å²) in [6.07, 6.45) is 1.98. The van der Waals surface area contributed by atoms with E-state index in [-0.39, 0.29) is 5.97 Å². The molecule has 0 N–H and O–H groups in total. The molecule has 1 aromatic carbocycles. The number of benzene rings is 1. The van der Waals surface area contributed by atoms with Crippen LogP contribution in [0, 0.1) is 3.57 Å². The number of rotatable bonds is 2. The van der Waals surface area contributed by atoms with E-state index in [0.717, 1.165) is 20.3 Å². The predicted octanol–water partition coefficient (Wildman–Crippen LogP) is 4.14. The van der Waals surface area contributed by atoms with Gasteiger partial charge in [-0.1, -0.05) is 36.4 Å². The second kappa shape index (κ2) is 5.28. The smallest absolute Gasteiger partial charge is 0.308 e. The molecule has 0 bridgehead atoms. The number of pyridine rings is 1. The fraction of sp³-hybridized carbons (Fsp3) is 0.0625. The van der Waals surface area contributed by atoms with Crippen LogP contribution >= 0.6 is 22.6 Å². The standard InChI is InChI=1S/C16H12INO2/c1-11(19)20-16-13-9-5-6-10-18(13)15(14(16)17)12-7-3-2-4-8-12/h2-10H,1H3. The van der Waals surface area contributed by atoms with Crippen LogP contribution in [-0.4, -0.2) is 10.4 Å². The highest BCUT2D eigenvalue weighted by molar-refractivity contribution is 14.1. The van der Waals surface area contributed by atoms with Crippen LogP contribution in [0.2, 0.25) is 0 Å². The molecule has 0 aliphatic heterocycles. The molecule has 20 heavy (non-hydrogen) atoms. The van der Waals surface area contributed by atoms with Crippen molar-refractivity contribution in [2.45, 2.75) is 6.92 Å². The van der Waals surface area contributed by atoms with Gasteiger partial charge in [0.05, 0.1) is 14.8 Å². The Bertz CT molecular complexity index is 778. The monoisotopic (exact) mass is 377 g/mol. The van der Waals surface area contributed by atoms with Gasteiger partial charge in [-0.3, -0.25) is 4.79 Å². The van der Waals surface area contributed by atoms with Crippen LogP contribution in [-0.2, 0) is 4.79 Å². The second-order valence-corrected chi connectivity index (χ2v) is 5.49. The molecule has 0 spiro atoms. The molecule has 0 aliphatic carbocycles. The van der Waals surface area contributed by atoms with Gasteiger partial charge in [0.15, 0.2) is 5.75 Å². The summed E-state index contributed by atoms with van der Waals surface area (Å²) < 4.78 is 8.38. The maximum atomic E-state index is 11.3. The van der Waals surface area contributed by atoms with E-state index in [1.807, 2.05) is 42.6 Å². The highest BCUT2D eigenvalue weighted by atomic mass is 127. The van der Waals surface area contributed by atoms with Crippen molar-refractivity contribution in [1.29, 1.82) is 0 Å². The summed E-state index contributed by atoms with van der Waals surface area (Å²) in [4.78, 5) is 11.3. The van der Waals surface area contributed by atoms with E-state index in [1.165, 1.54) is 6.92 Å². The first-order valence-electron chi connectivity index (χ1n) is 6.21. The van der Waals surface area contributed by atoms with Crippen molar-refractivity contribution >= 4 is 34.1 Å². The average Bonchev–Trinajstić information content (AvgIpc) is 2.72. The van der Waals surface area contributed by atoms with Crippen LogP contribution in [0.5, 0.6) is 5.75 Å². The number of aromatic nitrogens is 1. The Morgan fingerprint density at radius 1 is 1.10 bits per heavy atom. The van der Waals surface area contributed by atoms with Gasteiger partial charge in [0.2, 0.25) is 0 Å². The molecule has 3 nitrogen and oxygen atoms in total. The largest absolute Gasteiger partial charge is 0.423 e. The molecule has 2 heterocycles. The maximum absolute atomic E-state index is 11.3. The summed E-state index contributed by atoms with van der Waals surface area (Å²) in [6.45, 7) is 1.42. The third-order valence-corrected chi connectivity index (χ3v) is 4.03. The number of ether oxygens (including phenoxy) is 1. The lowest BCUT2D eigenvalue weighted by Crippen LogP contribution is -2.01. The Morgan fingerprint density at radius 3 is 2.50 bits per heavy atom. The second-order valence-electron chi connectivity index (χ2n) is 4.41. The molecule has 0 amide bonds. The van der Waals surface area contributed by atoms with Crippen LogP contribution < -0.4 is 4.74 Å².